The summed E-state index contributed by atoms with van der Waals surface area (Å²) >= 11 is 6.17. The summed E-state index contributed by atoms with van der Waals surface area (Å²) in [5, 5.41) is 13.2. The second kappa shape index (κ2) is 8.81. The van der Waals surface area contributed by atoms with Gasteiger partial charge in [0, 0.05) is 22.8 Å². The molecule has 144 valence electrons. The molecule has 3 rings (SSSR count). The van der Waals surface area contributed by atoms with Crippen LogP contribution < -0.4 is 10.1 Å². The zero-order valence-corrected chi connectivity index (χ0v) is 16.6. The van der Waals surface area contributed by atoms with Gasteiger partial charge < -0.3 is 15.2 Å². The number of rotatable bonds is 7. The first-order chi connectivity index (χ1) is 13.4. The summed E-state index contributed by atoms with van der Waals surface area (Å²) in [7, 11) is 0. The van der Waals surface area contributed by atoms with E-state index in [1.807, 2.05) is 30.3 Å². The molecule has 0 amide bonds. The number of aryl methyl sites for hydroxylation is 1. The second-order valence-corrected chi connectivity index (χ2v) is 7.10. The van der Waals surface area contributed by atoms with Crippen molar-refractivity contribution >= 4 is 23.3 Å². The number of anilines is 1. The van der Waals surface area contributed by atoms with E-state index >= 15 is 0 Å². The Morgan fingerprint density at radius 2 is 1.82 bits per heavy atom. The molecule has 0 saturated heterocycles. The lowest BCUT2D eigenvalue weighted by atomic mass is 10.1. The summed E-state index contributed by atoms with van der Waals surface area (Å²) in [6, 6.07) is 18.9. The maximum atomic E-state index is 11.3. The Kier molecular flexibility index (Phi) is 6.22. The highest BCUT2D eigenvalue weighted by Gasteiger charge is 2.11. The van der Waals surface area contributed by atoms with Gasteiger partial charge in [0.2, 0.25) is 0 Å². The van der Waals surface area contributed by atoms with Crippen molar-refractivity contribution < 1.29 is 14.6 Å². The van der Waals surface area contributed by atoms with Crippen molar-refractivity contribution in [3.05, 3.63) is 93.5 Å². The third-order valence-corrected chi connectivity index (χ3v) is 4.81. The fourth-order valence-electron chi connectivity index (χ4n) is 2.92. The van der Waals surface area contributed by atoms with Crippen LogP contribution in [-0.2, 0) is 13.2 Å². The number of carboxylic acids is 1. The summed E-state index contributed by atoms with van der Waals surface area (Å²) in [6.07, 6.45) is 0. The highest BCUT2D eigenvalue weighted by Crippen LogP contribution is 2.26. The van der Waals surface area contributed by atoms with Crippen molar-refractivity contribution in [2.75, 3.05) is 5.32 Å². The Morgan fingerprint density at radius 1 is 1.07 bits per heavy atom. The molecule has 0 saturated carbocycles. The minimum absolute atomic E-state index is 0.284. The monoisotopic (exact) mass is 395 g/mol. The summed E-state index contributed by atoms with van der Waals surface area (Å²) in [6.45, 7) is 4.77. The average Bonchev–Trinajstić information content (AvgIpc) is 2.67. The number of nitrogens with one attached hydrogen (secondary N) is 1. The molecule has 0 aliphatic rings. The van der Waals surface area contributed by atoms with Crippen LogP contribution >= 0.6 is 11.6 Å². The zero-order valence-electron chi connectivity index (χ0n) is 15.8. The highest BCUT2D eigenvalue weighted by molar-refractivity contribution is 6.30. The number of benzene rings is 3. The van der Waals surface area contributed by atoms with Crippen molar-refractivity contribution in [3.63, 3.8) is 0 Å². The number of carbonyl (C=O) groups is 1. The van der Waals surface area contributed by atoms with Crippen LogP contribution in [0.4, 0.5) is 5.69 Å². The molecule has 0 heterocycles. The molecule has 2 N–H and O–H groups in total. The second-order valence-electron chi connectivity index (χ2n) is 6.66. The van der Waals surface area contributed by atoms with Crippen molar-refractivity contribution in [3.8, 4) is 5.75 Å². The molecule has 3 aromatic carbocycles. The van der Waals surface area contributed by atoms with E-state index in [4.69, 9.17) is 16.3 Å². The molecule has 4 nitrogen and oxygen atoms in total. The molecule has 0 aromatic heterocycles. The smallest absolute Gasteiger partial charge is 0.336 e. The third-order valence-electron chi connectivity index (χ3n) is 4.57. The minimum Gasteiger partial charge on any atom is -0.489 e. The fourth-order valence-corrected chi connectivity index (χ4v) is 3.12. The van der Waals surface area contributed by atoms with Gasteiger partial charge in [-0.1, -0.05) is 47.5 Å². The van der Waals surface area contributed by atoms with Crippen LogP contribution in [-0.4, -0.2) is 11.1 Å². The molecule has 0 spiro atoms. The molecule has 0 fully saturated rings. The van der Waals surface area contributed by atoms with Crippen LogP contribution in [0.15, 0.2) is 60.7 Å². The maximum Gasteiger partial charge on any atom is 0.336 e. The van der Waals surface area contributed by atoms with Gasteiger partial charge in [-0.25, -0.2) is 4.79 Å². The predicted molar refractivity (Wildman–Crippen MR) is 112 cm³/mol. The normalized spacial score (nSPS) is 10.5. The quantitative estimate of drug-likeness (QED) is 0.527. The van der Waals surface area contributed by atoms with Crippen molar-refractivity contribution in [1.82, 2.24) is 0 Å². The van der Waals surface area contributed by atoms with Gasteiger partial charge in [-0.3, -0.25) is 0 Å². The van der Waals surface area contributed by atoms with Gasteiger partial charge in [0.05, 0.1) is 5.56 Å². The largest absolute Gasteiger partial charge is 0.489 e. The Morgan fingerprint density at radius 3 is 2.54 bits per heavy atom. The molecule has 0 atom stereocenters. The molecule has 0 radical (unpaired) electrons. The number of carboxylic acid groups (broad SMARTS) is 1. The van der Waals surface area contributed by atoms with Gasteiger partial charge in [-0.05, 0) is 55.3 Å². The van der Waals surface area contributed by atoms with Crippen molar-refractivity contribution in [2.45, 2.75) is 27.0 Å². The molecule has 3 aromatic rings. The van der Waals surface area contributed by atoms with Gasteiger partial charge in [-0.15, -0.1) is 0 Å². The molecule has 0 unspecified atom stereocenters. The van der Waals surface area contributed by atoms with Gasteiger partial charge in [0.1, 0.15) is 12.4 Å². The van der Waals surface area contributed by atoms with E-state index in [9.17, 15) is 9.90 Å². The summed E-state index contributed by atoms with van der Waals surface area (Å²) in [4.78, 5) is 11.3. The van der Waals surface area contributed by atoms with Crippen LogP contribution in [0.1, 0.15) is 32.6 Å². The SMILES string of the molecule is Cc1ccc(COc2ccc(Cl)cc2CNc2cccc(C(=O)O)c2C)cc1. The molecule has 5 heteroatoms. The van der Waals surface area contributed by atoms with Gasteiger partial charge in [0.15, 0.2) is 0 Å². The van der Waals surface area contributed by atoms with Crippen LogP contribution in [0.3, 0.4) is 0 Å². The number of aromatic carboxylic acids is 1. The Labute approximate surface area is 169 Å². The van der Waals surface area contributed by atoms with E-state index in [1.54, 1.807) is 25.1 Å². The lowest BCUT2D eigenvalue weighted by Crippen LogP contribution is -2.07. The predicted octanol–water partition coefficient (Wildman–Crippen LogP) is 5.85. The minimum atomic E-state index is -0.939. The van der Waals surface area contributed by atoms with E-state index in [-0.39, 0.29) is 5.56 Å². The average molecular weight is 396 g/mol. The third kappa shape index (κ3) is 4.84. The Hall–Kier alpha value is -2.98. The molecule has 0 aliphatic carbocycles. The molecule has 0 aliphatic heterocycles. The number of halogens is 1. The Balaban J connectivity index is 1.75. The zero-order chi connectivity index (χ0) is 20.1. The van der Waals surface area contributed by atoms with E-state index in [0.717, 1.165) is 22.6 Å². The van der Waals surface area contributed by atoms with E-state index < -0.39 is 5.97 Å². The first-order valence-electron chi connectivity index (χ1n) is 8.97. The number of ether oxygens (including phenoxy) is 1. The van der Waals surface area contributed by atoms with Gasteiger partial charge in [0.25, 0.3) is 0 Å². The summed E-state index contributed by atoms with van der Waals surface area (Å²) < 4.78 is 6.01. The first-order valence-corrected chi connectivity index (χ1v) is 9.35. The highest BCUT2D eigenvalue weighted by atomic mass is 35.5. The van der Waals surface area contributed by atoms with Crippen LogP contribution in [0.5, 0.6) is 5.75 Å². The Bertz CT molecular complexity index is 984. The molecular formula is C23H22ClNO3. The lowest BCUT2D eigenvalue weighted by molar-refractivity contribution is 0.0696. The number of hydrogen-bond donors (Lipinski definition) is 2. The maximum absolute atomic E-state index is 11.3. The standard InChI is InChI=1S/C23H22ClNO3/c1-15-6-8-17(9-7-15)14-28-22-11-10-19(24)12-18(22)13-25-21-5-3-4-20(16(21)2)23(26)27/h3-12,25H,13-14H2,1-2H3,(H,26,27). The molecular weight excluding hydrogens is 374 g/mol. The topological polar surface area (TPSA) is 58.6 Å². The summed E-state index contributed by atoms with van der Waals surface area (Å²) in [5.74, 6) is -0.199. The molecule has 0 bridgehead atoms. The van der Waals surface area contributed by atoms with Gasteiger partial charge >= 0.3 is 5.97 Å². The molecule has 28 heavy (non-hydrogen) atoms. The van der Waals surface area contributed by atoms with E-state index in [0.29, 0.717) is 23.7 Å². The number of hydrogen-bond acceptors (Lipinski definition) is 3. The van der Waals surface area contributed by atoms with E-state index in [2.05, 4.69) is 24.4 Å². The summed E-state index contributed by atoms with van der Waals surface area (Å²) in [5.41, 5.74) is 4.94. The van der Waals surface area contributed by atoms with E-state index in [1.165, 1.54) is 5.56 Å². The van der Waals surface area contributed by atoms with Crippen LogP contribution in [0, 0.1) is 13.8 Å². The fraction of sp³-hybridized carbons (Fsp3) is 0.174. The van der Waals surface area contributed by atoms with Crippen LogP contribution in [0.25, 0.3) is 0 Å². The lowest BCUT2D eigenvalue weighted by Gasteiger charge is -2.15. The van der Waals surface area contributed by atoms with Crippen molar-refractivity contribution in [2.24, 2.45) is 0 Å². The first kappa shape index (κ1) is 19.8. The van der Waals surface area contributed by atoms with Crippen LogP contribution in [0.2, 0.25) is 5.02 Å². The van der Waals surface area contributed by atoms with Crippen molar-refractivity contribution in [1.29, 1.82) is 0 Å². The van der Waals surface area contributed by atoms with Gasteiger partial charge in [-0.2, -0.15) is 0 Å².